The van der Waals surface area contributed by atoms with Crippen LogP contribution in [0.3, 0.4) is 0 Å². The summed E-state index contributed by atoms with van der Waals surface area (Å²) in [5.74, 6) is 2.72. The fourth-order valence-corrected chi connectivity index (χ4v) is 4.46. The lowest BCUT2D eigenvalue weighted by Gasteiger charge is -2.26. The quantitative estimate of drug-likeness (QED) is 0.516. The van der Waals surface area contributed by atoms with Gasteiger partial charge in [0.25, 0.3) is 5.91 Å². The Labute approximate surface area is 193 Å². The highest BCUT2D eigenvalue weighted by Crippen LogP contribution is 2.30. The Balaban J connectivity index is 1.52. The molecule has 0 N–H and O–H groups in total. The molecule has 0 bridgehead atoms. The predicted octanol–water partition coefficient (Wildman–Crippen LogP) is 0.653. The third-order valence-corrected chi connectivity index (χ3v) is 6.18. The first-order valence-corrected chi connectivity index (χ1v) is 11.7. The molecule has 0 aliphatic carbocycles. The summed E-state index contributed by atoms with van der Waals surface area (Å²) in [6.45, 7) is 1.71. The molecule has 32 heavy (non-hydrogen) atoms. The summed E-state index contributed by atoms with van der Waals surface area (Å²) in [5.41, 5.74) is 2.70. The SMILES string of the molecule is BC(B)(B)c1onc(-c2ccc(F)cc2)c1COc1ccc(C(=O)N2CCSCC2)cn1. The van der Waals surface area contributed by atoms with Gasteiger partial charge in [0.1, 0.15) is 23.9 Å². The van der Waals surface area contributed by atoms with Crippen LogP contribution in [0.4, 0.5) is 4.39 Å². The lowest BCUT2D eigenvalue weighted by molar-refractivity contribution is 0.0771. The highest BCUT2D eigenvalue weighted by molar-refractivity contribution is 7.99. The number of amides is 1. The molecule has 1 saturated heterocycles. The van der Waals surface area contributed by atoms with Crippen molar-refractivity contribution < 1.29 is 18.4 Å². The summed E-state index contributed by atoms with van der Waals surface area (Å²) in [6, 6.07) is 9.56. The molecule has 3 heterocycles. The molecule has 0 atom stereocenters. The minimum absolute atomic E-state index is 0.00278. The number of ether oxygens (including phenoxy) is 1. The van der Waals surface area contributed by atoms with Crippen molar-refractivity contribution in [2.24, 2.45) is 0 Å². The largest absolute Gasteiger partial charge is 0.473 e. The van der Waals surface area contributed by atoms with Gasteiger partial charge >= 0.3 is 0 Å². The molecule has 0 radical (unpaired) electrons. The maximum atomic E-state index is 13.4. The molecule has 1 fully saturated rings. The molecular weight excluding hydrogens is 426 g/mol. The third kappa shape index (κ3) is 5.04. The van der Waals surface area contributed by atoms with Gasteiger partial charge in [-0.2, -0.15) is 11.8 Å². The van der Waals surface area contributed by atoms with Gasteiger partial charge in [0, 0.05) is 42.4 Å². The van der Waals surface area contributed by atoms with Gasteiger partial charge in [0.15, 0.2) is 0 Å². The number of halogens is 1. The van der Waals surface area contributed by atoms with Gasteiger partial charge in [0.05, 0.1) is 34.7 Å². The second-order valence-corrected chi connectivity index (χ2v) is 9.90. The highest BCUT2D eigenvalue weighted by Gasteiger charge is 2.28. The Kier molecular flexibility index (Phi) is 6.64. The van der Waals surface area contributed by atoms with Crippen LogP contribution in [0.5, 0.6) is 5.88 Å². The molecule has 1 aliphatic rings. The number of pyridine rings is 1. The standard InChI is InChI=1S/C21H23B3FN3O3S/c22-21(23,24)19-16(18(27-31-19)13-1-4-15(25)5-2-13)12-30-17-6-3-14(11-26-17)20(29)28-7-9-32-10-8-28/h1-6,11H,7-10,12,22-24H2. The van der Waals surface area contributed by atoms with E-state index in [9.17, 15) is 9.18 Å². The van der Waals surface area contributed by atoms with Gasteiger partial charge in [0.2, 0.25) is 5.88 Å². The van der Waals surface area contributed by atoms with Gasteiger partial charge in [-0.1, -0.05) is 10.3 Å². The lowest BCUT2D eigenvalue weighted by atomic mass is 9.41. The lowest BCUT2D eigenvalue weighted by Crippen LogP contribution is -2.37. The fourth-order valence-electron chi connectivity index (χ4n) is 3.55. The number of hydrogen-bond acceptors (Lipinski definition) is 6. The maximum Gasteiger partial charge on any atom is 0.255 e. The van der Waals surface area contributed by atoms with Crippen molar-refractivity contribution in [3.8, 4) is 17.1 Å². The van der Waals surface area contributed by atoms with Gasteiger partial charge in [-0.05, 0) is 30.3 Å². The molecule has 3 aromatic rings. The average Bonchev–Trinajstić information content (AvgIpc) is 3.23. The van der Waals surface area contributed by atoms with E-state index in [1.54, 1.807) is 30.5 Å². The smallest absolute Gasteiger partial charge is 0.255 e. The highest BCUT2D eigenvalue weighted by atomic mass is 32.2. The van der Waals surface area contributed by atoms with Crippen LogP contribution in [0.15, 0.2) is 47.1 Å². The number of thioether (sulfide) groups is 1. The first-order chi connectivity index (χ1) is 15.3. The fraction of sp³-hybridized carbons (Fsp3) is 0.286. The molecule has 1 aromatic carbocycles. The zero-order chi connectivity index (χ0) is 22.7. The van der Waals surface area contributed by atoms with Crippen LogP contribution in [0, 0.1) is 5.82 Å². The Hall–Kier alpha value is -2.68. The van der Waals surface area contributed by atoms with E-state index in [1.165, 1.54) is 12.1 Å². The van der Waals surface area contributed by atoms with Gasteiger partial charge in [-0.25, -0.2) is 9.37 Å². The Morgan fingerprint density at radius 3 is 2.50 bits per heavy atom. The Morgan fingerprint density at radius 1 is 1.16 bits per heavy atom. The van der Waals surface area contributed by atoms with E-state index < -0.39 is 0 Å². The van der Waals surface area contributed by atoms with E-state index in [-0.39, 0.29) is 23.4 Å². The molecule has 4 rings (SSSR count). The summed E-state index contributed by atoms with van der Waals surface area (Å²) in [7, 11) is 6.09. The van der Waals surface area contributed by atoms with Crippen LogP contribution in [0.25, 0.3) is 11.3 Å². The molecule has 162 valence electrons. The molecular formula is C21H23B3FN3O3S. The van der Waals surface area contributed by atoms with Crippen molar-refractivity contribution in [3.05, 3.63) is 65.3 Å². The normalized spacial score (nSPS) is 14.3. The van der Waals surface area contributed by atoms with E-state index in [4.69, 9.17) is 9.26 Å². The number of nitrogens with zero attached hydrogens (tertiary/aromatic N) is 3. The summed E-state index contributed by atoms with van der Waals surface area (Å²) in [4.78, 5) is 18.8. The molecule has 6 nitrogen and oxygen atoms in total. The van der Waals surface area contributed by atoms with E-state index in [1.807, 2.05) is 40.2 Å². The molecule has 11 heteroatoms. The second-order valence-electron chi connectivity index (χ2n) is 8.67. The zero-order valence-electron chi connectivity index (χ0n) is 18.4. The van der Waals surface area contributed by atoms with Crippen molar-refractivity contribution in [3.63, 3.8) is 0 Å². The molecule has 1 amide bonds. The monoisotopic (exact) mass is 449 g/mol. The minimum atomic E-state index is -0.312. The zero-order valence-corrected chi connectivity index (χ0v) is 19.2. The van der Waals surface area contributed by atoms with Crippen molar-refractivity contribution in [2.75, 3.05) is 24.6 Å². The van der Waals surface area contributed by atoms with Crippen molar-refractivity contribution in [1.82, 2.24) is 15.0 Å². The van der Waals surface area contributed by atoms with Crippen LogP contribution >= 0.6 is 11.8 Å². The second kappa shape index (κ2) is 9.44. The Morgan fingerprint density at radius 2 is 1.88 bits per heavy atom. The summed E-state index contributed by atoms with van der Waals surface area (Å²) >= 11 is 1.86. The maximum absolute atomic E-state index is 13.4. The molecule has 0 saturated carbocycles. The van der Waals surface area contributed by atoms with Crippen molar-refractivity contribution >= 4 is 41.2 Å². The van der Waals surface area contributed by atoms with E-state index in [0.717, 1.165) is 35.7 Å². The minimum Gasteiger partial charge on any atom is -0.473 e. The average molecular weight is 449 g/mol. The Bertz CT molecular complexity index is 1080. The number of carbonyl (C=O) groups excluding carboxylic acids is 1. The van der Waals surface area contributed by atoms with Crippen LogP contribution in [0.2, 0.25) is 0 Å². The van der Waals surface area contributed by atoms with Crippen molar-refractivity contribution in [2.45, 2.75) is 11.7 Å². The van der Waals surface area contributed by atoms with Gasteiger partial charge in [-0.3, -0.25) is 4.79 Å². The molecule has 2 aromatic heterocycles. The van der Waals surface area contributed by atoms with E-state index in [0.29, 0.717) is 22.9 Å². The molecule has 0 spiro atoms. The van der Waals surface area contributed by atoms with Crippen LogP contribution < -0.4 is 4.74 Å². The third-order valence-electron chi connectivity index (χ3n) is 5.23. The topological polar surface area (TPSA) is 68.5 Å². The molecule has 0 unspecified atom stereocenters. The summed E-state index contributed by atoms with van der Waals surface area (Å²) in [6.07, 6.45) is 1.55. The first-order valence-electron chi connectivity index (χ1n) is 10.5. The van der Waals surface area contributed by atoms with E-state index >= 15 is 0 Å². The van der Waals surface area contributed by atoms with Crippen LogP contribution in [0.1, 0.15) is 21.7 Å². The van der Waals surface area contributed by atoms with E-state index in [2.05, 4.69) is 10.1 Å². The van der Waals surface area contributed by atoms with Crippen LogP contribution in [-0.4, -0.2) is 69.1 Å². The van der Waals surface area contributed by atoms with Gasteiger partial charge < -0.3 is 14.2 Å². The van der Waals surface area contributed by atoms with Gasteiger partial charge in [-0.15, -0.1) is 0 Å². The predicted molar refractivity (Wildman–Crippen MR) is 131 cm³/mol. The number of benzene rings is 1. The number of aromatic nitrogens is 2. The van der Waals surface area contributed by atoms with Crippen molar-refractivity contribution in [1.29, 1.82) is 0 Å². The summed E-state index contributed by atoms with van der Waals surface area (Å²) < 4.78 is 25.0. The number of rotatable bonds is 6. The summed E-state index contributed by atoms with van der Waals surface area (Å²) in [5, 5.41) is 3.94. The number of hydrogen-bond donors (Lipinski definition) is 0. The number of carbonyl (C=O) groups is 1. The van der Waals surface area contributed by atoms with Crippen LogP contribution in [-0.2, 0) is 11.7 Å². The molecule has 1 aliphatic heterocycles. The first kappa shape index (κ1) is 22.5.